The maximum absolute atomic E-state index is 11.6. The molecule has 1 rings (SSSR count). The maximum atomic E-state index is 11.6. The molecule has 4 nitrogen and oxygen atoms in total. The zero-order valence-electron chi connectivity index (χ0n) is 12.5. The van der Waals surface area contributed by atoms with E-state index in [9.17, 15) is 4.79 Å². The summed E-state index contributed by atoms with van der Waals surface area (Å²) in [5, 5.41) is 2.90. The van der Waals surface area contributed by atoms with Gasteiger partial charge in [-0.3, -0.25) is 4.79 Å². The molecular formula is C15H23NO3S. The minimum Gasteiger partial charge on any atom is -0.355 e. The lowest BCUT2D eigenvalue weighted by atomic mass is 10.2. The van der Waals surface area contributed by atoms with Gasteiger partial charge in [-0.1, -0.05) is 26.0 Å². The molecule has 0 spiro atoms. The molecule has 0 heterocycles. The van der Waals surface area contributed by atoms with Crippen LogP contribution >= 0.6 is 11.8 Å². The van der Waals surface area contributed by atoms with Crippen LogP contribution in [-0.2, 0) is 14.3 Å². The molecule has 0 bridgehead atoms. The summed E-state index contributed by atoms with van der Waals surface area (Å²) in [7, 11) is 3.21. The van der Waals surface area contributed by atoms with Crippen LogP contribution in [0.1, 0.15) is 25.7 Å². The van der Waals surface area contributed by atoms with Gasteiger partial charge in [0.1, 0.15) is 0 Å². The second kappa shape index (κ2) is 9.00. The Labute approximate surface area is 125 Å². The van der Waals surface area contributed by atoms with Gasteiger partial charge in [-0.25, -0.2) is 0 Å². The third-order valence-corrected chi connectivity index (χ3v) is 3.67. The Morgan fingerprint density at radius 3 is 2.30 bits per heavy atom. The van der Waals surface area contributed by atoms with E-state index < -0.39 is 0 Å². The summed E-state index contributed by atoms with van der Waals surface area (Å²) < 4.78 is 10.4. The van der Waals surface area contributed by atoms with Gasteiger partial charge in [-0.05, 0) is 18.1 Å². The van der Waals surface area contributed by atoms with Crippen molar-refractivity contribution in [2.75, 3.05) is 26.5 Å². The zero-order chi connectivity index (χ0) is 15.0. The van der Waals surface area contributed by atoms with E-state index in [4.69, 9.17) is 9.47 Å². The molecule has 0 atom stereocenters. The Balaban J connectivity index is 2.43. The molecule has 0 aliphatic carbocycles. The summed E-state index contributed by atoms with van der Waals surface area (Å²) in [5.41, 5.74) is 0.962. The second-order valence-corrected chi connectivity index (χ2v) is 5.91. The quantitative estimate of drug-likeness (QED) is 0.592. The number of hydrogen-bond acceptors (Lipinski definition) is 4. The average molecular weight is 297 g/mol. The fraction of sp³-hybridized carbons (Fsp3) is 0.533. The lowest BCUT2D eigenvalue weighted by Crippen LogP contribution is -2.28. The summed E-state index contributed by atoms with van der Waals surface area (Å²) in [6, 6.07) is 7.85. The third kappa shape index (κ3) is 5.94. The van der Waals surface area contributed by atoms with Crippen molar-refractivity contribution in [2.45, 2.75) is 25.0 Å². The number of nitrogens with one attached hydrogen (secondary N) is 1. The van der Waals surface area contributed by atoms with Gasteiger partial charge in [0, 0.05) is 31.2 Å². The van der Waals surface area contributed by atoms with Crippen LogP contribution in [-0.4, -0.2) is 32.4 Å². The first-order chi connectivity index (χ1) is 9.56. The first kappa shape index (κ1) is 17.0. The predicted octanol–water partition coefficient (Wildman–Crippen LogP) is 2.84. The molecule has 0 aliphatic rings. The highest BCUT2D eigenvalue weighted by Crippen LogP contribution is 2.22. The monoisotopic (exact) mass is 297 g/mol. The number of thioether (sulfide) groups is 1. The molecule has 1 aromatic rings. The van der Waals surface area contributed by atoms with Crippen molar-refractivity contribution in [3.8, 4) is 0 Å². The molecule has 0 aliphatic heterocycles. The smallest absolute Gasteiger partial charge is 0.230 e. The number of hydrogen-bond donors (Lipinski definition) is 1. The zero-order valence-corrected chi connectivity index (χ0v) is 13.3. The normalized spacial score (nSPS) is 11.1. The number of rotatable bonds is 8. The van der Waals surface area contributed by atoms with Gasteiger partial charge < -0.3 is 14.8 Å². The minimum atomic E-state index is -0.344. The SMILES string of the molecule is COC(OC)c1ccc(SCC(=O)NCC(C)C)cc1. The Kier molecular flexibility index (Phi) is 7.65. The summed E-state index contributed by atoms with van der Waals surface area (Å²) >= 11 is 1.52. The molecule has 1 aromatic carbocycles. The van der Waals surface area contributed by atoms with Crippen LogP contribution in [0, 0.1) is 5.92 Å². The molecule has 0 radical (unpaired) electrons. The van der Waals surface area contributed by atoms with Gasteiger partial charge in [0.05, 0.1) is 5.75 Å². The van der Waals surface area contributed by atoms with Crippen LogP contribution in [0.25, 0.3) is 0 Å². The third-order valence-electron chi connectivity index (χ3n) is 2.66. The molecule has 20 heavy (non-hydrogen) atoms. The fourth-order valence-corrected chi connectivity index (χ4v) is 2.34. The van der Waals surface area contributed by atoms with Crippen LogP contribution < -0.4 is 5.32 Å². The molecule has 1 amide bonds. The lowest BCUT2D eigenvalue weighted by molar-refractivity contribution is -0.118. The summed E-state index contributed by atoms with van der Waals surface area (Å²) in [5.74, 6) is 0.979. The van der Waals surface area contributed by atoms with Crippen molar-refractivity contribution in [2.24, 2.45) is 5.92 Å². The summed E-state index contributed by atoms with van der Waals surface area (Å²) in [4.78, 5) is 12.7. The molecule has 0 saturated heterocycles. The first-order valence-electron chi connectivity index (χ1n) is 6.61. The second-order valence-electron chi connectivity index (χ2n) is 4.86. The number of amides is 1. The first-order valence-corrected chi connectivity index (χ1v) is 7.60. The Bertz CT molecular complexity index is 402. The van der Waals surface area contributed by atoms with Crippen LogP contribution in [0.5, 0.6) is 0 Å². The topological polar surface area (TPSA) is 47.6 Å². The van der Waals surface area contributed by atoms with Crippen molar-refractivity contribution in [3.63, 3.8) is 0 Å². The van der Waals surface area contributed by atoms with Gasteiger partial charge in [0.25, 0.3) is 0 Å². The molecular weight excluding hydrogens is 274 g/mol. The van der Waals surface area contributed by atoms with Crippen molar-refractivity contribution in [1.82, 2.24) is 5.32 Å². The number of benzene rings is 1. The van der Waals surface area contributed by atoms with Crippen LogP contribution in [0.15, 0.2) is 29.2 Å². The molecule has 0 unspecified atom stereocenters. The van der Waals surface area contributed by atoms with Gasteiger partial charge >= 0.3 is 0 Å². The maximum Gasteiger partial charge on any atom is 0.230 e. The van der Waals surface area contributed by atoms with E-state index in [1.807, 2.05) is 24.3 Å². The van der Waals surface area contributed by atoms with E-state index >= 15 is 0 Å². The predicted molar refractivity (Wildman–Crippen MR) is 81.8 cm³/mol. The van der Waals surface area contributed by atoms with E-state index in [0.717, 1.165) is 17.0 Å². The molecule has 0 saturated carbocycles. The Morgan fingerprint density at radius 2 is 1.80 bits per heavy atom. The molecule has 0 fully saturated rings. The van der Waals surface area contributed by atoms with E-state index in [-0.39, 0.29) is 12.2 Å². The average Bonchev–Trinajstić information content (AvgIpc) is 2.45. The molecule has 5 heteroatoms. The van der Waals surface area contributed by atoms with Crippen LogP contribution in [0.4, 0.5) is 0 Å². The van der Waals surface area contributed by atoms with Crippen molar-refractivity contribution in [3.05, 3.63) is 29.8 Å². The lowest BCUT2D eigenvalue weighted by Gasteiger charge is -2.13. The Morgan fingerprint density at radius 1 is 1.20 bits per heavy atom. The fourth-order valence-electron chi connectivity index (χ4n) is 1.61. The van der Waals surface area contributed by atoms with E-state index in [1.165, 1.54) is 11.8 Å². The highest BCUT2D eigenvalue weighted by Gasteiger charge is 2.09. The highest BCUT2D eigenvalue weighted by molar-refractivity contribution is 8.00. The van der Waals surface area contributed by atoms with Crippen LogP contribution in [0.2, 0.25) is 0 Å². The minimum absolute atomic E-state index is 0.0689. The summed E-state index contributed by atoms with van der Waals surface area (Å²) in [6.45, 7) is 4.88. The van der Waals surface area contributed by atoms with Gasteiger partial charge in [-0.15, -0.1) is 11.8 Å². The van der Waals surface area contributed by atoms with E-state index in [0.29, 0.717) is 11.7 Å². The Hall–Kier alpha value is -1.04. The standard InChI is InChI=1S/C15H23NO3S/c1-11(2)9-16-14(17)10-20-13-7-5-12(6-8-13)15(18-3)19-4/h5-8,11,15H,9-10H2,1-4H3,(H,16,17). The summed E-state index contributed by atoms with van der Waals surface area (Å²) in [6.07, 6.45) is -0.344. The van der Waals surface area contributed by atoms with Crippen LogP contribution in [0.3, 0.4) is 0 Å². The van der Waals surface area contributed by atoms with E-state index in [1.54, 1.807) is 14.2 Å². The van der Waals surface area contributed by atoms with Crippen molar-refractivity contribution < 1.29 is 14.3 Å². The molecule has 0 aromatic heterocycles. The van der Waals surface area contributed by atoms with E-state index in [2.05, 4.69) is 19.2 Å². The number of methoxy groups -OCH3 is 2. The van der Waals surface area contributed by atoms with Gasteiger partial charge in [0.15, 0.2) is 6.29 Å². The van der Waals surface area contributed by atoms with Crippen molar-refractivity contribution >= 4 is 17.7 Å². The van der Waals surface area contributed by atoms with Gasteiger partial charge in [0.2, 0.25) is 5.91 Å². The highest BCUT2D eigenvalue weighted by atomic mass is 32.2. The number of carbonyl (C=O) groups excluding carboxylic acids is 1. The molecule has 112 valence electrons. The molecule has 1 N–H and O–H groups in total. The van der Waals surface area contributed by atoms with Crippen molar-refractivity contribution in [1.29, 1.82) is 0 Å². The van der Waals surface area contributed by atoms with Gasteiger partial charge in [-0.2, -0.15) is 0 Å². The largest absolute Gasteiger partial charge is 0.355 e. The number of carbonyl (C=O) groups is 1. The number of ether oxygens (including phenoxy) is 2.